The van der Waals surface area contributed by atoms with Crippen LogP contribution in [0.4, 0.5) is 5.69 Å². The molecule has 0 atom stereocenters. The van der Waals surface area contributed by atoms with Gasteiger partial charge in [0.1, 0.15) is 11.5 Å². The lowest BCUT2D eigenvalue weighted by Crippen LogP contribution is -2.29. The summed E-state index contributed by atoms with van der Waals surface area (Å²) in [5.41, 5.74) is 1.96. The highest BCUT2D eigenvalue weighted by atomic mass is 32.2. The van der Waals surface area contributed by atoms with Gasteiger partial charge in [0.25, 0.3) is 0 Å². The van der Waals surface area contributed by atoms with Crippen molar-refractivity contribution >= 4 is 21.6 Å². The Morgan fingerprint density at radius 3 is 2.40 bits per heavy atom. The molecule has 2 aromatic rings. The highest BCUT2D eigenvalue weighted by Gasteiger charge is 2.14. The Hall–Kier alpha value is -2.58. The zero-order chi connectivity index (χ0) is 18.4. The van der Waals surface area contributed by atoms with Gasteiger partial charge in [0.05, 0.1) is 12.3 Å². The van der Waals surface area contributed by atoms with Gasteiger partial charge in [-0.1, -0.05) is 17.3 Å². The van der Waals surface area contributed by atoms with Gasteiger partial charge in [-0.25, -0.2) is 0 Å². The molecule has 2 N–H and O–H groups in total. The fraction of sp³-hybridized carbons (Fsp3) is 0.235. The molecule has 0 spiro atoms. The molecule has 0 radical (unpaired) electrons. The second-order valence-electron chi connectivity index (χ2n) is 5.38. The summed E-state index contributed by atoms with van der Waals surface area (Å²) in [4.78, 5) is 0. The normalized spacial score (nSPS) is 12.2. The van der Waals surface area contributed by atoms with Gasteiger partial charge in [0.2, 0.25) is 0 Å². The molecule has 2 aromatic carbocycles. The maximum absolute atomic E-state index is 11.9. The van der Waals surface area contributed by atoms with Gasteiger partial charge in [-0.3, -0.25) is 4.72 Å². The lowest BCUT2D eigenvalue weighted by Gasteiger charge is -2.14. The van der Waals surface area contributed by atoms with Crippen molar-refractivity contribution in [3.63, 3.8) is 0 Å². The largest absolute Gasteiger partial charge is 0.494 e. The van der Waals surface area contributed by atoms with Crippen LogP contribution in [0.3, 0.4) is 0 Å². The second kappa shape index (κ2) is 8.00. The van der Waals surface area contributed by atoms with Crippen LogP contribution in [0.1, 0.15) is 18.1 Å². The van der Waals surface area contributed by atoms with Gasteiger partial charge >= 0.3 is 10.2 Å². The van der Waals surface area contributed by atoms with E-state index in [1.165, 1.54) is 14.1 Å². The molecule has 0 amide bonds. The lowest BCUT2D eigenvalue weighted by atomic mass is 10.0. The first-order chi connectivity index (χ1) is 11.9. The molecule has 0 aliphatic carbocycles. The number of oxime groups is 1. The Morgan fingerprint density at radius 2 is 1.84 bits per heavy atom. The Balaban J connectivity index is 2.31. The van der Waals surface area contributed by atoms with Crippen molar-refractivity contribution in [2.24, 2.45) is 5.16 Å². The lowest BCUT2D eigenvalue weighted by molar-refractivity contribution is 0.319. The molecule has 2 rings (SSSR count). The first-order valence-corrected chi connectivity index (χ1v) is 9.07. The highest BCUT2D eigenvalue weighted by molar-refractivity contribution is 7.90. The van der Waals surface area contributed by atoms with Crippen LogP contribution in [0, 0.1) is 0 Å². The molecule has 0 saturated heterocycles. The highest BCUT2D eigenvalue weighted by Crippen LogP contribution is 2.19. The zero-order valence-corrected chi connectivity index (χ0v) is 15.1. The van der Waals surface area contributed by atoms with Crippen LogP contribution in [0.5, 0.6) is 5.75 Å². The quantitative estimate of drug-likeness (QED) is 0.449. The van der Waals surface area contributed by atoms with E-state index < -0.39 is 10.2 Å². The standard InChI is InChI=1S/C17H21N3O4S/c1-4-24-16-10-8-13(9-11-16)17(18-21)14-6-5-7-15(12-14)19-25(22,23)20(2)3/h5-12,19,21H,4H2,1-3H3/b18-17-. The van der Waals surface area contributed by atoms with Crippen molar-refractivity contribution in [1.82, 2.24) is 4.31 Å². The Labute approximate surface area is 147 Å². The molecule has 134 valence electrons. The molecule has 0 fully saturated rings. The van der Waals surface area contributed by atoms with Crippen molar-refractivity contribution < 1.29 is 18.4 Å². The molecule has 7 nitrogen and oxygen atoms in total. The average Bonchev–Trinajstić information content (AvgIpc) is 2.57. The van der Waals surface area contributed by atoms with Gasteiger partial charge < -0.3 is 9.94 Å². The summed E-state index contributed by atoms with van der Waals surface area (Å²) >= 11 is 0. The van der Waals surface area contributed by atoms with Crippen LogP contribution < -0.4 is 9.46 Å². The van der Waals surface area contributed by atoms with E-state index in [1.54, 1.807) is 48.5 Å². The van der Waals surface area contributed by atoms with Crippen molar-refractivity contribution in [2.75, 3.05) is 25.4 Å². The van der Waals surface area contributed by atoms with Crippen LogP contribution in [0.15, 0.2) is 53.7 Å². The molecule has 0 saturated carbocycles. The minimum atomic E-state index is -3.61. The monoisotopic (exact) mass is 363 g/mol. The maximum Gasteiger partial charge on any atom is 0.301 e. The smallest absolute Gasteiger partial charge is 0.301 e. The summed E-state index contributed by atoms with van der Waals surface area (Å²) in [6, 6.07) is 13.8. The molecule has 0 bridgehead atoms. The number of hydrogen-bond donors (Lipinski definition) is 2. The predicted octanol–water partition coefficient (Wildman–Crippen LogP) is 2.53. The first kappa shape index (κ1) is 18.8. The van der Waals surface area contributed by atoms with E-state index in [-0.39, 0.29) is 0 Å². The summed E-state index contributed by atoms with van der Waals surface area (Å²) in [6.07, 6.45) is 0. The number of hydrogen-bond acceptors (Lipinski definition) is 5. The van der Waals surface area contributed by atoms with E-state index in [9.17, 15) is 13.6 Å². The average molecular weight is 363 g/mol. The van der Waals surface area contributed by atoms with Gasteiger partial charge in [0, 0.05) is 25.2 Å². The Bertz CT molecular complexity index is 846. The summed E-state index contributed by atoms with van der Waals surface area (Å²) in [7, 11) is -0.738. The molecule has 0 aromatic heterocycles. The van der Waals surface area contributed by atoms with E-state index in [1.807, 2.05) is 6.92 Å². The SMILES string of the molecule is CCOc1ccc(/C(=N/O)c2cccc(NS(=O)(=O)N(C)C)c2)cc1. The summed E-state index contributed by atoms with van der Waals surface area (Å²) in [6.45, 7) is 2.46. The van der Waals surface area contributed by atoms with Crippen molar-refractivity contribution in [1.29, 1.82) is 0 Å². The molecule has 0 aliphatic heterocycles. The third kappa shape index (κ3) is 4.71. The number of rotatable bonds is 7. The molecule has 0 unspecified atom stereocenters. The van der Waals surface area contributed by atoms with Gasteiger partial charge in [0.15, 0.2) is 0 Å². The van der Waals surface area contributed by atoms with E-state index >= 15 is 0 Å². The number of nitrogens with one attached hydrogen (secondary N) is 1. The van der Waals surface area contributed by atoms with Gasteiger partial charge in [-0.2, -0.15) is 12.7 Å². The number of anilines is 1. The minimum Gasteiger partial charge on any atom is -0.494 e. The number of nitrogens with zero attached hydrogens (tertiary/aromatic N) is 2. The maximum atomic E-state index is 11.9. The Kier molecular flexibility index (Phi) is 6.00. The van der Waals surface area contributed by atoms with Crippen LogP contribution in [-0.2, 0) is 10.2 Å². The third-order valence-electron chi connectivity index (χ3n) is 3.40. The van der Waals surface area contributed by atoms with E-state index in [2.05, 4.69) is 9.88 Å². The van der Waals surface area contributed by atoms with Crippen LogP contribution in [0.25, 0.3) is 0 Å². The molecule has 0 aliphatic rings. The number of ether oxygens (including phenoxy) is 1. The summed E-state index contributed by atoms with van der Waals surface area (Å²) in [5.74, 6) is 0.719. The third-order valence-corrected chi connectivity index (χ3v) is 4.86. The zero-order valence-electron chi connectivity index (χ0n) is 14.3. The predicted molar refractivity (Wildman–Crippen MR) is 97.7 cm³/mol. The van der Waals surface area contributed by atoms with Gasteiger partial charge in [-0.15, -0.1) is 0 Å². The minimum absolute atomic E-state index is 0.328. The van der Waals surface area contributed by atoms with E-state index in [0.717, 1.165) is 10.1 Å². The first-order valence-electron chi connectivity index (χ1n) is 7.63. The fourth-order valence-electron chi connectivity index (χ4n) is 2.13. The van der Waals surface area contributed by atoms with Crippen LogP contribution in [0.2, 0.25) is 0 Å². The van der Waals surface area contributed by atoms with Crippen molar-refractivity contribution in [3.05, 3.63) is 59.7 Å². The number of benzene rings is 2. The molecule has 8 heteroatoms. The van der Waals surface area contributed by atoms with E-state index in [4.69, 9.17) is 4.74 Å². The van der Waals surface area contributed by atoms with Crippen molar-refractivity contribution in [3.8, 4) is 5.75 Å². The fourth-order valence-corrected chi connectivity index (χ4v) is 2.74. The van der Waals surface area contributed by atoms with Crippen LogP contribution in [-0.4, -0.2) is 44.3 Å². The molecule has 25 heavy (non-hydrogen) atoms. The summed E-state index contributed by atoms with van der Waals surface area (Å²) in [5, 5.41) is 12.8. The molecular formula is C17H21N3O4S. The topological polar surface area (TPSA) is 91.2 Å². The van der Waals surface area contributed by atoms with E-state index in [0.29, 0.717) is 29.1 Å². The van der Waals surface area contributed by atoms with Crippen LogP contribution >= 0.6 is 0 Å². The molecule has 0 heterocycles. The summed E-state index contributed by atoms with van der Waals surface area (Å²) < 4.78 is 32.8. The Morgan fingerprint density at radius 1 is 1.16 bits per heavy atom. The second-order valence-corrected chi connectivity index (χ2v) is 7.26. The van der Waals surface area contributed by atoms with Crippen molar-refractivity contribution in [2.45, 2.75) is 6.92 Å². The molecular weight excluding hydrogens is 342 g/mol. The van der Waals surface area contributed by atoms with Gasteiger partial charge in [-0.05, 0) is 43.3 Å².